The second-order valence-corrected chi connectivity index (χ2v) is 5.51. The van der Waals surface area contributed by atoms with E-state index in [4.69, 9.17) is 0 Å². The van der Waals surface area contributed by atoms with Crippen LogP contribution in [-0.2, 0) is 6.18 Å². The lowest BCUT2D eigenvalue weighted by molar-refractivity contribution is -0.141. The number of nitrogens with one attached hydrogen (secondary N) is 1. The molecule has 0 bridgehead atoms. The van der Waals surface area contributed by atoms with Crippen LogP contribution in [0.5, 0.6) is 0 Å². The molecule has 3 nitrogen and oxygen atoms in total. The predicted molar refractivity (Wildman–Crippen MR) is 64.7 cm³/mol. The Morgan fingerprint density at radius 1 is 1.28 bits per heavy atom. The first-order valence-electron chi connectivity index (χ1n) is 5.80. The first kappa shape index (κ1) is 13.5. The Balaban J connectivity index is 2.23. The number of hydrogen-bond donors (Lipinski definition) is 1. The predicted octanol–water partition coefficient (Wildman–Crippen LogP) is 3.57. The molecule has 1 aromatic rings. The molecule has 0 radical (unpaired) electrons. The summed E-state index contributed by atoms with van der Waals surface area (Å²) in [6.45, 7) is 0. The van der Waals surface area contributed by atoms with Crippen molar-refractivity contribution in [3.8, 4) is 0 Å². The minimum atomic E-state index is -4.43. The van der Waals surface area contributed by atoms with Gasteiger partial charge in [0, 0.05) is 18.4 Å². The first-order chi connectivity index (χ1) is 8.49. The van der Waals surface area contributed by atoms with E-state index in [2.05, 4.69) is 15.3 Å². The number of aromatic nitrogens is 2. The molecule has 100 valence electrons. The molecule has 1 fully saturated rings. The molecule has 1 N–H and O–H groups in total. The summed E-state index contributed by atoms with van der Waals surface area (Å²) in [5, 5.41) is 3.35. The van der Waals surface area contributed by atoms with Crippen molar-refractivity contribution < 1.29 is 13.2 Å². The fraction of sp³-hybridized carbons (Fsp3) is 0.636. The van der Waals surface area contributed by atoms with Crippen molar-refractivity contribution >= 4 is 17.7 Å². The van der Waals surface area contributed by atoms with Gasteiger partial charge in [0.1, 0.15) is 5.03 Å². The van der Waals surface area contributed by atoms with Gasteiger partial charge in [-0.1, -0.05) is 12.8 Å². The Morgan fingerprint density at radius 3 is 2.50 bits per heavy atom. The smallest absolute Gasteiger partial charge is 0.357 e. The van der Waals surface area contributed by atoms with Crippen LogP contribution in [-0.4, -0.2) is 22.3 Å². The topological polar surface area (TPSA) is 37.8 Å². The largest absolute Gasteiger partial charge is 0.433 e. The Bertz CT molecular complexity index is 416. The summed E-state index contributed by atoms with van der Waals surface area (Å²) < 4.78 is 38.0. The summed E-state index contributed by atoms with van der Waals surface area (Å²) >= 11 is 1.42. The number of rotatable bonds is 3. The van der Waals surface area contributed by atoms with Gasteiger partial charge in [-0.2, -0.15) is 13.2 Å². The van der Waals surface area contributed by atoms with E-state index in [-0.39, 0.29) is 5.95 Å². The number of hydrogen-bond acceptors (Lipinski definition) is 4. The van der Waals surface area contributed by atoms with E-state index in [9.17, 15) is 13.2 Å². The highest BCUT2D eigenvalue weighted by Crippen LogP contribution is 2.36. The van der Waals surface area contributed by atoms with Crippen LogP contribution in [0.25, 0.3) is 0 Å². The summed E-state index contributed by atoms with van der Waals surface area (Å²) in [5.74, 6) is 0.0188. The van der Waals surface area contributed by atoms with Crippen molar-refractivity contribution in [3.63, 3.8) is 0 Å². The monoisotopic (exact) mass is 277 g/mol. The van der Waals surface area contributed by atoms with Crippen LogP contribution in [0, 0.1) is 0 Å². The van der Waals surface area contributed by atoms with Crippen molar-refractivity contribution in [1.29, 1.82) is 0 Å². The third-order valence-electron chi connectivity index (χ3n) is 2.81. The molecule has 0 amide bonds. The molecule has 0 spiro atoms. The minimum Gasteiger partial charge on any atom is -0.357 e. The molecule has 1 aliphatic rings. The SMILES string of the molecule is CNc1nc(SC2CCCC2)cc(C(F)(F)F)n1. The molecule has 0 aromatic carbocycles. The molecule has 1 aromatic heterocycles. The number of alkyl halides is 3. The van der Waals surface area contributed by atoms with Gasteiger partial charge in [-0.15, -0.1) is 11.8 Å². The summed E-state index contributed by atoms with van der Waals surface area (Å²) in [7, 11) is 1.51. The molecule has 1 aliphatic carbocycles. The van der Waals surface area contributed by atoms with E-state index in [1.165, 1.54) is 18.8 Å². The zero-order valence-electron chi connectivity index (χ0n) is 9.92. The van der Waals surface area contributed by atoms with Crippen molar-refractivity contribution in [2.45, 2.75) is 42.1 Å². The highest BCUT2D eigenvalue weighted by molar-refractivity contribution is 7.99. The zero-order valence-corrected chi connectivity index (χ0v) is 10.7. The Hall–Kier alpha value is -0.980. The van der Waals surface area contributed by atoms with Crippen LogP contribution < -0.4 is 5.32 Å². The fourth-order valence-electron chi connectivity index (χ4n) is 1.92. The highest BCUT2D eigenvalue weighted by atomic mass is 32.2. The average Bonchev–Trinajstić information content (AvgIpc) is 2.80. The van der Waals surface area contributed by atoms with Gasteiger partial charge in [0.15, 0.2) is 5.69 Å². The van der Waals surface area contributed by atoms with Crippen LogP contribution in [0.15, 0.2) is 11.1 Å². The minimum absolute atomic E-state index is 0.0188. The molecule has 7 heteroatoms. The molecular formula is C11H14F3N3S. The lowest BCUT2D eigenvalue weighted by atomic mass is 10.4. The molecule has 1 heterocycles. The molecule has 0 atom stereocenters. The number of thioether (sulfide) groups is 1. The molecular weight excluding hydrogens is 263 g/mol. The highest BCUT2D eigenvalue weighted by Gasteiger charge is 2.34. The molecule has 2 rings (SSSR count). The number of anilines is 1. The molecule has 0 saturated heterocycles. The Labute approximate surface area is 108 Å². The van der Waals surface area contributed by atoms with Crippen molar-refractivity contribution in [3.05, 3.63) is 11.8 Å². The van der Waals surface area contributed by atoms with Gasteiger partial charge in [0.2, 0.25) is 5.95 Å². The lowest BCUT2D eigenvalue weighted by Crippen LogP contribution is -2.11. The van der Waals surface area contributed by atoms with Crippen LogP contribution in [0.1, 0.15) is 31.4 Å². The summed E-state index contributed by atoms with van der Waals surface area (Å²) in [4.78, 5) is 7.51. The first-order valence-corrected chi connectivity index (χ1v) is 6.67. The molecule has 1 saturated carbocycles. The van der Waals surface area contributed by atoms with E-state index in [0.29, 0.717) is 10.3 Å². The van der Waals surface area contributed by atoms with Crippen molar-refractivity contribution in [2.24, 2.45) is 0 Å². The van der Waals surface area contributed by atoms with E-state index < -0.39 is 11.9 Å². The fourth-order valence-corrected chi connectivity index (χ4v) is 3.15. The quantitative estimate of drug-likeness (QED) is 0.857. The van der Waals surface area contributed by atoms with Gasteiger partial charge in [0.05, 0.1) is 0 Å². The van der Waals surface area contributed by atoms with Crippen LogP contribution >= 0.6 is 11.8 Å². The van der Waals surface area contributed by atoms with Gasteiger partial charge < -0.3 is 5.32 Å². The van der Waals surface area contributed by atoms with E-state index >= 15 is 0 Å². The molecule has 0 aliphatic heterocycles. The lowest BCUT2D eigenvalue weighted by Gasteiger charge is -2.12. The zero-order chi connectivity index (χ0) is 13.2. The van der Waals surface area contributed by atoms with Gasteiger partial charge >= 0.3 is 6.18 Å². The van der Waals surface area contributed by atoms with E-state index in [1.807, 2.05) is 0 Å². The average molecular weight is 277 g/mol. The van der Waals surface area contributed by atoms with E-state index in [1.54, 1.807) is 0 Å². The van der Waals surface area contributed by atoms with Crippen LogP contribution in [0.2, 0.25) is 0 Å². The van der Waals surface area contributed by atoms with Gasteiger partial charge in [-0.05, 0) is 12.8 Å². The van der Waals surface area contributed by atoms with Crippen LogP contribution in [0.3, 0.4) is 0 Å². The Kier molecular flexibility index (Phi) is 3.99. The summed E-state index contributed by atoms with van der Waals surface area (Å²) in [6, 6.07) is 1.03. The molecule has 18 heavy (non-hydrogen) atoms. The Morgan fingerprint density at radius 2 is 1.94 bits per heavy atom. The summed E-state index contributed by atoms with van der Waals surface area (Å²) in [6.07, 6.45) is -0.0448. The number of halogens is 3. The second-order valence-electron chi connectivity index (χ2n) is 4.19. The van der Waals surface area contributed by atoms with Crippen molar-refractivity contribution in [1.82, 2.24) is 9.97 Å². The maximum Gasteiger partial charge on any atom is 0.433 e. The van der Waals surface area contributed by atoms with Crippen LogP contribution in [0.4, 0.5) is 19.1 Å². The number of nitrogens with zero attached hydrogens (tertiary/aromatic N) is 2. The van der Waals surface area contributed by atoms with Gasteiger partial charge in [0.25, 0.3) is 0 Å². The normalized spacial score (nSPS) is 17.1. The standard InChI is InChI=1S/C11H14F3N3S/c1-15-10-16-8(11(12,13)14)6-9(17-10)18-7-4-2-3-5-7/h6-7H,2-5H2,1H3,(H,15,16,17). The second kappa shape index (κ2) is 5.34. The maximum atomic E-state index is 12.7. The maximum absolute atomic E-state index is 12.7. The van der Waals surface area contributed by atoms with Crippen molar-refractivity contribution in [2.75, 3.05) is 12.4 Å². The van der Waals surface area contributed by atoms with E-state index in [0.717, 1.165) is 31.7 Å². The van der Waals surface area contributed by atoms with Gasteiger partial charge in [-0.25, -0.2) is 9.97 Å². The summed E-state index contributed by atoms with van der Waals surface area (Å²) in [5.41, 5.74) is -0.887. The van der Waals surface area contributed by atoms with Gasteiger partial charge in [-0.3, -0.25) is 0 Å². The molecule has 0 unspecified atom stereocenters. The third-order valence-corrected chi connectivity index (χ3v) is 4.06. The third kappa shape index (κ3) is 3.28.